The van der Waals surface area contributed by atoms with Crippen LogP contribution in [0.3, 0.4) is 0 Å². The summed E-state index contributed by atoms with van der Waals surface area (Å²) < 4.78 is 0.935. The lowest BCUT2D eigenvalue weighted by Crippen LogP contribution is -2.38. The maximum absolute atomic E-state index is 12.2. The van der Waals surface area contributed by atoms with Gasteiger partial charge in [-0.25, -0.2) is 0 Å². The van der Waals surface area contributed by atoms with Crippen molar-refractivity contribution >= 4 is 21.8 Å². The third-order valence-corrected chi connectivity index (χ3v) is 5.09. The number of carbonyl (C=O) groups is 1. The van der Waals surface area contributed by atoms with Crippen LogP contribution in [0, 0.1) is 5.92 Å². The Kier molecular flexibility index (Phi) is 6.05. The minimum atomic E-state index is 0.0167. The van der Waals surface area contributed by atoms with Crippen LogP contribution in [0.25, 0.3) is 0 Å². The van der Waals surface area contributed by atoms with Crippen molar-refractivity contribution in [3.8, 4) is 0 Å². The predicted octanol–water partition coefficient (Wildman–Crippen LogP) is 4.09. The van der Waals surface area contributed by atoms with Crippen LogP contribution in [0.2, 0.25) is 0 Å². The molecule has 24 heavy (non-hydrogen) atoms. The first kappa shape index (κ1) is 17.2. The fraction of sp³-hybridized carbons (Fsp3) is 0.350. The van der Waals surface area contributed by atoms with Gasteiger partial charge in [-0.1, -0.05) is 52.3 Å². The van der Waals surface area contributed by atoms with Crippen LogP contribution in [0.5, 0.6) is 0 Å². The van der Waals surface area contributed by atoms with Crippen molar-refractivity contribution in [3.05, 3.63) is 70.2 Å². The molecule has 2 aromatic rings. The lowest BCUT2D eigenvalue weighted by Gasteiger charge is -2.32. The number of hydrogen-bond acceptors (Lipinski definition) is 2. The van der Waals surface area contributed by atoms with E-state index in [4.69, 9.17) is 0 Å². The zero-order valence-corrected chi connectivity index (χ0v) is 15.3. The molecule has 0 atom stereocenters. The number of nitrogens with zero attached hydrogens (tertiary/aromatic N) is 1. The van der Waals surface area contributed by atoms with Crippen molar-refractivity contribution in [2.75, 3.05) is 19.6 Å². The van der Waals surface area contributed by atoms with E-state index in [0.717, 1.165) is 43.5 Å². The predicted molar refractivity (Wildman–Crippen MR) is 101 cm³/mol. The molecule has 1 fully saturated rings. The van der Waals surface area contributed by atoms with E-state index in [1.165, 1.54) is 5.56 Å². The summed E-state index contributed by atoms with van der Waals surface area (Å²) in [5.41, 5.74) is 2.09. The molecule has 126 valence electrons. The molecule has 4 heteroatoms. The third kappa shape index (κ3) is 4.92. The van der Waals surface area contributed by atoms with Gasteiger partial charge in [0.05, 0.1) is 0 Å². The first-order valence-corrected chi connectivity index (χ1v) is 9.30. The molecule has 1 N–H and O–H groups in total. The molecule has 1 aliphatic rings. The summed E-state index contributed by atoms with van der Waals surface area (Å²) in [6, 6.07) is 18.2. The summed E-state index contributed by atoms with van der Waals surface area (Å²) in [6.07, 6.45) is 2.29. The van der Waals surface area contributed by atoms with Gasteiger partial charge in [-0.05, 0) is 55.6 Å². The molecular weight excluding hydrogens is 364 g/mol. The van der Waals surface area contributed by atoms with Gasteiger partial charge < -0.3 is 5.32 Å². The monoisotopic (exact) mass is 386 g/mol. The zero-order chi connectivity index (χ0) is 16.8. The Morgan fingerprint density at radius 1 is 1.08 bits per heavy atom. The van der Waals surface area contributed by atoms with Gasteiger partial charge in [0.2, 0.25) is 0 Å². The summed E-state index contributed by atoms with van der Waals surface area (Å²) in [6.45, 7) is 4.00. The van der Waals surface area contributed by atoms with Crippen LogP contribution < -0.4 is 5.32 Å². The van der Waals surface area contributed by atoms with Gasteiger partial charge in [0, 0.05) is 23.1 Å². The molecule has 1 amide bonds. The fourth-order valence-corrected chi connectivity index (χ4v) is 3.56. The highest BCUT2D eigenvalue weighted by Crippen LogP contribution is 2.19. The van der Waals surface area contributed by atoms with E-state index >= 15 is 0 Å². The number of rotatable bonds is 5. The van der Waals surface area contributed by atoms with Gasteiger partial charge in [-0.2, -0.15) is 0 Å². The summed E-state index contributed by atoms with van der Waals surface area (Å²) in [4.78, 5) is 14.7. The van der Waals surface area contributed by atoms with Crippen LogP contribution in [-0.4, -0.2) is 30.4 Å². The quantitative estimate of drug-likeness (QED) is 0.838. The minimum Gasteiger partial charge on any atom is -0.352 e. The molecule has 0 bridgehead atoms. The second-order valence-electron chi connectivity index (χ2n) is 6.43. The molecule has 1 aliphatic heterocycles. The van der Waals surface area contributed by atoms with Crippen molar-refractivity contribution in [3.63, 3.8) is 0 Å². The molecule has 1 heterocycles. The SMILES string of the molecule is O=C(NCC1CCN(Cc2ccccc2)CC1)c1cccc(Br)c1. The molecule has 2 aromatic carbocycles. The maximum Gasteiger partial charge on any atom is 0.251 e. The van der Waals surface area contributed by atoms with Gasteiger partial charge >= 0.3 is 0 Å². The highest BCUT2D eigenvalue weighted by Gasteiger charge is 2.20. The Morgan fingerprint density at radius 2 is 1.83 bits per heavy atom. The number of carbonyl (C=O) groups excluding carboxylic acids is 1. The van der Waals surface area contributed by atoms with E-state index in [0.29, 0.717) is 11.5 Å². The van der Waals surface area contributed by atoms with Gasteiger partial charge in [0.25, 0.3) is 5.91 Å². The molecule has 0 radical (unpaired) electrons. The van der Waals surface area contributed by atoms with Crippen LogP contribution in [-0.2, 0) is 6.54 Å². The second-order valence-corrected chi connectivity index (χ2v) is 7.34. The molecular formula is C20H23BrN2O. The van der Waals surface area contributed by atoms with Gasteiger partial charge in [-0.3, -0.25) is 9.69 Å². The minimum absolute atomic E-state index is 0.0167. The second kappa shape index (κ2) is 8.45. The lowest BCUT2D eigenvalue weighted by atomic mass is 9.96. The number of likely N-dealkylation sites (tertiary alicyclic amines) is 1. The van der Waals surface area contributed by atoms with Gasteiger partial charge in [-0.15, -0.1) is 0 Å². The van der Waals surface area contributed by atoms with Crippen LogP contribution >= 0.6 is 15.9 Å². The van der Waals surface area contributed by atoms with E-state index in [1.807, 2.05) is 24.3 Å². The molecule has 0 unspecified atom stereocenters. The summed E-state index contributed by atoms with van der Waals surface area (Å²) >= 11 is 3.41. The van der Waals surface area contributed by atoms with Gasteiger partial charge in [0.15, 0.2) is 0 Å². The van der Waals surface area contributed by atoms with Crippen LogP contribution in [0.15, 0.2) is 59.1 Å². The Balaban J connectivity index is 1.42. The smallest absolute Gasteiger partial charge is 0.251 e. The molecule has 1 saturated heterocycles. The number of benzene rings is 2. The lowest BCUT2D eigenvalue weighted by molar-refractivity contribution is 0.0935. The van der Waals surface area contributed by atoms with E-state index in [9.17, 15) is 4.79 Å². The number of amides is 1. The summed E-state index contributed by atoms with van der Waals surface area (Å²) in [7, 11) is 0. The van der Waals surface area contributed by atoms with E-state index < -0.39 is 0 Å². The topological polar surface area (TPSA) is 32.3 Å². The molecule has 0 aromatic heterocycles. The van der Waals surface area contributed by atoms with E-state index in [1.54, 1.807) is 0 Å². The largest absolute Gasteiger partial charge is 0.352 e. The molecule has 3 rings (SSSR count). The average Bonchev–Trinajstić information content (AvgIpc) is 2.62. The van der Waals surface area contributed by atoms with Crippen molar-refractivity contribution < 1.29 is 4.79 Å². The first-order valence-electron chi connectivity index (χ1n) is 8.51. The Morgan fingerprint density at radius 3 is 2.54 bits per heavy atom. The maximum atomic E-state index is 12.2. The van der Waals surface area contributed by atoms with Crippen molar-refractivity contribution in [1.82, 2.24) is 10.2 Å². The highest BCUT2D eigenvalue weighted by atomic mass is 79.9. The Bertz CT molecular complexity index is 666. The molecule has 0 aliphatic carbocycles. The number of nitrogens with one attached hydrogen (secondary N) is 1. The van der Waals surface area contributed by atoms with Crippen LogP contribution in [0.4, 0.5) is 0 Å². The third-order valence-electron chi connectivity index (χ3n) is 4.59. The molecule has 0 spiro atoms. The highest BCUT2D eigenvalue weighted by molar-refractivity contribution is 9.10. The zero-order valence-electron chi connectivity index (χ0n) is 13.7. The normalized spacial score (nSPS) is 16.0. The molecule has 3 nitrogen and oxygen atoms in total. The number of piperidine rings is 1. The Hall–Kier alpha value is -1.65. The van der Waals surface area contributed by atoms with E-state index in [-0.39, 0.29) is 5.91 Å². The average molecular weight is 387 g/mol. The molecule has 0 saturated carbocycles. The van der Waals surface area contributed by atoms with Gasteiger partial charge in [0.1, 0.15) is 0 Å². The standard InChI is InChI=1S/C20H23BrN2O/c21-19-8-4-7-18(13-19)20(24)22-14-16-9-11-23(12-10-16)15-17-5-2-1-3-6-17/h1-8,13,16H,9-12,14-15H2,(H,22,24). The Labute approximate surface area is 152 Å². The fourth-order valence-electron chi connectivity index (χ4n) is 3.16. The summed E-state index contributed by atoms with van der Waals surface area (Å²) in [5.74, 6) is 0.594. The van der Waals surface area contributed by atoms with Crippen molar-refractivity contribution in [2.45, 2.75) is 19.4 Å². The number of hydrogen-bond donors (Lipinski definition) is 1. The van der Waals surface area contributed by atoms with Crippen LogP contribution in [0.1, 0.15) is 28.8 Å². The van der Waals surface area contributed by atoms with Crippen molar-refractivity contribution in [2.24, 2.45) is 5.92 Å². The first-order chi connectivity index (χ1) is 11.7. The summed E-state index contributed by atoms with van der Waals surface area (Å²) in [5, 5.41) is 3.08. The van der Waals surface area contributed by atoms with Crippen molar-refractivity contribution in [1.29, 1.82) is 0 Å². The van der Waals surface area contributed by atoms with E-state index in [2.05, 4.69) is 56.5 Å². The number of halogens is 1.